The van der Waals surface area contributed by atoms with Crippen molar-refractivity contribution in [2.75, 3.05) is 0 Å². The average Bonchev–Trinajstić information content (AvgIpc) is 3.17. The number of fused-ring (bicyclic) bond motifs is 3. The zero-order valence-corrected chi connectivity index (χ0v) is 17.2. The van der Waals surface area contributed by atoms with Crippen LogP contribution in [0, 0.1) is 0 Å². The number of halogens is 2. The molecule has 3 atom stereocenters. The maximum atomic E-state index is 11.5. The van der Waals surface area contributed by atoms with E-state index in [2.05, 4.69) is 34.5 Å². The molecule has 2 bridgehead atoms. The van der Waals surface area contributed by atoms with Gasteiger partial charge in [-0.15, -0.1) is 11.3 Å². The maximum Gasteiger partial charge on any atom is 0.0941 e. The molecule has 5 heteroatoms. The van der Waals surface area contributed by atoms with Crippen LogP contribution in [0.25, 0.3) is 10.1 Å². The molecule has 0 aliphatic carbocycles. The minimum atomic E-state index is -0.888. The van der Waals surface area contributed by atoms with Crippen molar-refractivity contribution in [3.05, 3.63) is 69.0 Å². The highest BCUT2D eigenvalue weighted by Gasteiger charge is 2.49. The smallest absolute Gasteiger partial charge is 0.0941 e. The second-order valence-electron chi connectivity index (χ2n) is 7.86. The van der Waals surface area contributed by atoms with Crippen molar-refractivity contribution < 1.29 is 5.11 Å². The SMILES string of the molecule is OC1(c2cccc(Cl)c2Cl)C[C@H]2CC[C@@H](C1)N2Cc1csc2ccccc12. The van der Waals surface area contributed by atoms with Crippen LogP contribution < -0.4 is 0 Å². The van der Waals surface area contributed by atoms with Crippen molar-refractivity contribution in [3.8, 4) is 0 Å². The van der Waals surface area contributed by atoms with Gasteiger partial charge in [0, 0.05) is 28.9 Å². The molecule has 5 rings (SSSR count). The van der Waals surface area contributed by atoms with E-state index in [1.54, 1.807) is 6.07 Å². The molecule has 1 unspecified atom stereocenters. The van der Waals surface area contributed by atoms with Crippen molar-refractivity contribution in [2.45, 2.75) is 49.9 Å². The number of hydrogen-bond donors (Lipinski definition) is 1. The fraction of sp³-hybridized carbons (Fsp3) is 0.364. The Morgan fingerprint density at radius 1 is 1.04 bits per heavy atom. The van der Waals surface area contributed by atoms with Gasteiger partial charge in [-0.1, -0.05) is 53.5 Å². The summed E-state index contributed by atoms with van der Waals surface area (Å²) in [6, 6.07) is 15.0. The van der Waals surface area contributed by atoms with Gasteiger partial charge in [-0.2, -0.15) is 0 Å². The van der Waals surface area contributed by atoms with Gasteiger partial charge in [-0.3, -0.25) is 4.90 Å². The molecule has 0 amide bonds. The molecule has 3 heterocycles. The first-order chi connectivity index (χ1) is 13.0. The summed E-state index contributed by atoms with van der Waals surface area (Å²) in [5.74, 6) is 0. The van der Waals surface area contributed by atoms with Crippen LogP contribution in [-0.4, -0.2) is 22.1 Å². The van der Waals surface area contributed by atoms with Crippen molar-refractivity contribution in [1.29, 1.82) is 0 Å². The monoisotopic (exact) mass is 417 g/mol. The summed E-state index contributed by atoms with van der Waals surface area (Å²) in [7, 11) is 0. The lowest BCUT2D eigenvalue weighted by Crippen LogP contribution is -2.49. The number of piperidine rings is 1. The van der Waals surface area contributed by atoms with Gasteiger partial charge in [-0.25, -0.2) is 0 Å². The lowest BCUT2D eigenvalue weighted by Gasteiger charge is -2.44. The molecule has 1 N–H and O–H groups in total. The minimum absolute atomic E-state index is 0.377. The Labute approximate surface area is 173 Å². The summed E-state index contributed by atoms with van der Waals surface area (Å²) in [4.78, 5) is 2.60. The van der Waals surface area contributed by atoms with E-state index < -0.39 is 5.60 Å². The number of rotatable bonds is 3. The van der Waals surface area contributed by atoms with E-state index in [1.165, 1.54) is 15.6 Å². The molecule has 1 aromatic heterocycles. The van der Waals surface area contributed by atoms with Crippen LogP contribution in [0.2, 0.25) is 10.0 Å². The highest BCUT2D eigenvalue weighted by Crippen LogP contribution is 2.49. The second-order valence-corrected chi connectivity index (χ2v) is 9.55. The van der Waals surface area contributed by atoms with Gasteiger partial charge in [0.25, 0.3) is 0 Å². The minimum Gasteiger partial charge on any atom is -0.385 e. The van der Waals surface area contributed by atoms with Gasteiger partial charge >= 0.3 is 0 Å². The standard InChI is InChI=1S/C22H21Cl2NOS/c23-19-6-3-5-18(21(19)24)22(26)10-15-8-9-16(11-22)25(15)12-14-13-27-20-7-2-1-4-17(14)20/h1-7,13,15-16,26H,8-12H2/t15-,16+,22?. The largest absolute Gasteiger partial charge is 0.385 e. The quantitative estimate of drug-likeness (QED) is 0.546. The highest BCUT2D eigenvalue weighted by molar-refractivity contribution is 7.17. The lowest BCUT2D eigenvalue weighted by atomic mass is 9.80. The van der Waals surface area contributed by atoms with Crippen LogP contribution in [0.15, 0.2) is 47.8 Å². The van der Waals surface area contributed by atoms with Crippen molar-refractivity contribution >= 4 is 44.6 Å². The van der Waals surface area contributed by atoms with Gasteiger partial charge in [0.1, 0.15) is 0 Å². The van der Waals surface area contributed by atoms with E-state index >= 15 is 0 Å². The zero-order chi connectivity index (χ0) is 18.6. The second kappa shape index (κ2) is 6.75. The van der Waals surface area contributed by atoms with E-state index in [1.807, 2.05) is 23.5 Å². The Hall–Kier alpha value is -1.10. The lowest BCUT2D eigenvalue weighted by molar-refractivity contribution is -0.0593. The topological polar surface area (TPSA) is 23.5 Å². The molecule has 2 nitrogen and oxygen atoms in total. The van der Waals surface area contributed by atoms with Crippen molar-refractivity contribution in [2.24, 2.45) is 0 Å². The predicted octanol–water partition coefficient (Wildman–Crippen LogP) is 6.22. The molecule has 2 fully saturated rings. The van der Waals surface area contributed by atoms with Crippen LogP contribution in [0.5, 0.6) is 0 Å². The summed E-state index contributed by atoms with van der Waals surface area (Å²) in [6.07, 6.45) is 3.69. The molecule has 3 aromatic rings. The first-order valence-electron chi connectivity index (χ1n) is 9.43. The van der Waals surface area contributed by atoms with Crippen LogP contribution in [-0.2, 0) is 12.1 Å². The van der Waals surface area contributed by atoms with E-state index in [-0.39, 0.29) is 0 Å². The molecule has 2 aromatic carbocycles. The fourth-order valence-electron chi connectivity index (χ4n) is 5.01. The Balaban J connectivity index is 1.43. The summed E-state index contributed by atoms with van der Waals surface area (Å²) < 4.78 is 1.35. The van der Waals surface area contributed by atoms with Gasteiger partial charge in [0.15, 0.2) is 0 Å². The van der Waals surface area contributed by atoms with E-state index in [0.29, 0.717) is 35.0 Å². The first-order valence-corrected chi connectivity index (χ1v) is 11.1. The average molecular weight is 418 g/mol. The van der Waals surface area contributed by atoms with Crippen LogP contribution >= 0.6 is 34.5 Å². The third-order valence-electron chi connectivity index (χ3n) is 6.28. The zero-order valence-electron chi connectivity index (χ0n) is 14.9. The summed E-state index contributed by atoms with van der Waals surface area (Å²) in [5, 5.41) is 16.1. The van der Waals surface area contributed by atoms with Crippen LogP contribution in [0.1, 0.15) is 36.8 Å². The Morgan fingerprint density at radius 2 is 1.78 bits per heavy atom. The molecule has 2 aliphatic rings. The van der Waals surface area contributed by atoms with Gasteiger partial charge in [0.05, 0.1) is 15.6 Å². The maximum absolute atomic E-state index is 11.5. The molecule has 2 saturated heterocycles. The third-order valence-corrected chi connectivity index (χ3v) is 8.12. The molecule has 0 radical (unpaired) electrons. The molecular weight excluding hydrogens is 397 g/mol. The molecular formula is C22H21Cl2NOS. The Kier molecular flexibility index (Phi) is 4.49. The number of thiophene rings is 1. The predicted molar refractivity (Wildman–Crippen MR) is 114 cm³/mol. The van der Waals surface area contributed by atoms with Gasteiger partial charge in [0.2, 0.25) is 0 Å². The van der Waals surface area contributed by atoms with E-state index in [4.69, 9.17) is 23.2 Å². The van der Waals surface area contributed by atoms with Crippen molar-refractivity contribution in [3.63, 3.8) is 0 Å². The number of benzene rings is 2. The molecule has 0 saturated carbocycles. The molecule has 140 valence electrons. The normalized spacial score (nSPS) is 28.1. The van der Waals surface area contributed by atoms with E-state index in [9.17, 15) is 5.11 Å². The Bertz CT molecular complexity index is 987. The van der Waals surface area contributed by atoms with Crippen LogP contribution in [0.3, 0.4) is 0 Å². The van der Waals surface area contributed by atoms with Crippen molar-refractivity contribution in [1.82, 2.24) is 4.90 Å². The summed E-state index contributed by atoms with van der Waals surface area (Å²) in [5.41, 5.74) is 1.30. The highest BCUT2D eigenvalue weighted by atomic mass is 35.5. The Morgan fingerprint density at radius 3 is 2.56 bits per heavy atom. The number of nitrogens with zero attached hydrogens (tertiary/aromatic N) is 1. The van der Waals surface area contributed by atoms with Gasteiger partial charge in [-0.05, 0) is 54.1 Å². The van der Waals surface area contributed by atoms with Crippen LogP contribution in [0.4, 0.5) is 0 Å². The fourth-order valence-corrected chi connectivity index (χ4v) is 6.44. The summed E-state index contributed by atoms with van der Waals surface area (Å²) in [6.45, 7) is 0.957. The van der Waals surface area contributed by atoms with E-state index in [0.717, 1.165) is 24.9 Å². The first kappa shape index (κ1) is 18.0. The summed E-state index contributed by atoms with van der Waals surface area (Å²) >= 11 is 14.5. The third kappa shape index (κ3) is 3.01. The van der Waals surface area contributed by atoms with Gasteiger partial charge < -0.3 is 5.11 Å². The molecule has 2 aliphatic heterocycles. The molecule has 0 spiro atoms. The number of hydrogen-bond acceptors (Lipinski definition) is 3. The number of aliphatic hydroxyl groups is 1. The molecule has 27 heavy (non-hydrogen) atoms.